The first-order valence-electron chi connectivity index (χ1n) is 9.71. The van der Waals surface area contributed by atoms with E-state index in [0.29, 0.717) is 32.0 Å². The number of amides is 1. The zero-order valence-corrected chi connectivity index (χ0v) is 15.6. The smallest absolute Gasteiger partial charge is 0.232 e. The van der Waals surface area contributed by atoms with Gasteiger partial charge in [0, 0.05) is 37.6 Å². The highest BCUT2D eigenvalue weighted by molar-refractivity contribution is 6.00. The third-order valence-corrected chi connectivity index (χ3v) is 5.93. The Kier molecular flexibility index (Phi) is 4.05. The highest BCUT2D eigenvalue weighted by Crippen LogP contribution is 2.50. The summed E-state index contributed by atoms with van der Waals surface area (Å²) in [4.78, 5) is 23.7. The lowest BCUT2D eigenvalue weighted by molar-refractivity contribution is -0.133. The van der Waals surface area contributed by atoms with E-state index in [9.17, 15) is 4.79 Å². The number of rotatable bonds is 3. The van der Waals surface area contributed by atoms with Crippen molar-refractivity contribution in [2.45, 2.75) is 37.3 Å². The number of nitrogens with two attached hydrogens (primary N) is 1. The van der Waals surface area contributed by atoms with Crippen LogP contribution in [-0.4, -0.2) is 41.0 Å². The number of hydrogen-bond donors (Lipinski definition) is 2. The van der Waals surface area contributed by atoms with E-state index in [4.69, 9.17) is 15.5 Å². The number of aromatic nitrogens is 1. The molecule has 1 saturated heterocycles. The van der Waals surface area contributed by atoms with Crippen molar-refractivity contribution in [2.24, 2.45) is 10.7 Å². The number of pyridine rings is 1. The fourth-order valence-electron chi connectivity index (χ4n) is 4.57. The standard InChI is InChI=1S/C21H23N5O2/c22-20-25-21(12-19(27)26(20)15-6-9-28-10-7-15)11-16-17(21)4-1-5-18(16)24-14-3-2-8-23-13-14/h1-5,8,13,15,24H,6-7,9-12H2,(H2,22,25)/t21-/m0/s1. The molecule has 1 atom stereocenters. The van der Waals surface area contributed by atoms with Gasteiger partial charge in [0.05, 0.1) is 18.3 Å². The van der Waals surface area contributed by atoms with E-state index in [2.05, 4.69) is 16.4 Å². The second kappa shape index (κ2) is 6.60. The van der Waals surface area contributed by atoms with E-state index in [1.54, 1.807) is 17.3 Å². The number of carbonyl (C=O) groups is 1. The van der Waals surface area contributed by atoms with Gasteiger partial charge in [0.25, 0.3) is 0 Å². The van der Waals surface area contributed by atoms with Gasteiger partial charge < -0.3 is 15.8 Å². The van der Waals surface area contributed by atoms with E-state index in [1.165, 1.54) is 5.56 Å². The minimum Gasteiger partial charge on any atom is -0.381 e. The highest BCUT2D eigenvalue weighted by atomic mass is 16.5. The minimum absolute atomic E-state index is 0.0654. The van der Waals surface area contributed by atoms with Gasteiger partial charge in [-0.15, -0.1) is 0 Å². The molecule has 1 aliphatic carbocycles. The third kappa shape index (κ3) is 2.74. The van der Waals surface area contributed by atoms with Crippen molar-refractivity contribution in [1.82, 2.24) is 9.88 Å². The fourth-order valence-corrected chi connectivity index (χ4v) is 4.57. The lowest BCUT2D eigenvalue weighted by atomic mass is 9.67. The normalized spacial score (nSPS) is 24.5. The number of nitrogens with one attached hydrogen (secondary N) is 1. The predicted molar refractivity (Wildman–Crippen MR) is 106 cm³/mol. The van der Waals surface area contributed by atoms with Crippen molar-refractivity contribution >= 4 is 23.2 Å². The predicted octanol–water partition coefficient (Wildman–Crippen LogP) is 2.30. The topological polar surface area (TPSA) is 92.8 Å². The summed E-state index contributed by atoms with van der Waals surface area (Å²) in [6.07, 6.45) is 6.24. The maximum atomic E-state index is 13.0. The van der Waals surface area contributed by atoms with Crippen LogP contribution in [-0.2, 0) is 21.5 Å². The Morgan fingerprint density at radius 1 is 1.18 bits per heavy atom. The summed E-state index contributed by atoms with van der Waals surface area (Å²) in [6, 6.07) is 10.1. The first-order chi connectivity index (χ1) is 13.7. The van der Waals surface area contributed by atoms with Crippen LogP contribution in [0.3, 0.4) is 0 Å². The number of carbonyl (C=O) groups excluding carboxylic acids is 1. The van der Waals surface area contributed by atoms with Crippen LogP contribution in [0.25, 0.3) is 0 Å². The summed E-state index contributed by atoms with van der Waals surface area (Å²) in [7, 11) is 0. The first-order valence-corrected chi connectivity index (χ1v) is 9.71. The van der Waals surface area contributed by atoms with E-state index in [-0.39, 0.29) is 11.9 Å². The molecule has 3 aliphatic rings. The SMILES string of the molecule is NC1=N[C@]2(CC(=O)N1C1CCOCC1)Cc1c(Nc3cccnc3)cccc12. The van der Waals surface area contributed by atoms with Crippen LogP contribution in [0.15, 0.2) is 47.7 Å². The molecule has 1 fully saturated rings. The van der Waals surface area contributed by atoms with Gasteiger partial charge in [-0.3, -0.25) is 14.7 Å². The van der Waals surface area contributed by atoms with E-state index in [1.807, 2.05) is 24.3 Å². The lowest BCUT2D eigenvalue weighted by Crippen LogP contribution is -2.58. The van der Waals surface area contributed by atoms with Gasteiger partial charge in [0.1, 0.15) is 5.54 Å². The number of benzene rings is 1. The van der Waals surface area contributed by atoms with Gasteiger partial charge in [-0.05, 0) is 42.2 Å². The Labute approximate surface area is 163 Å². The molecule has 0 bridgehead atoms. The van der Waals surface area contributed by atoms with Crippen LogP contribution < -0.4 is 11.1 Å². The second-order valence-electron chi connectivity index (χ2n) is 7.66. The van der Waals surface area contributed by atoms with Crippen LogP contribution in [0.5, 0.6) is 0 Å². The fraction of sp³-hybridized carbons (Fsp3) is 0.381. The minimum atomic E-state index is -0.523. The van der Waals surface area contributed by atoms with Crippen molar-refractivity contribution in [3.05, 3.63) is 53.9 Å². The maximum Gasteiger partial charge on any atom is 0.232 e. The molecule has 0 saturated carbocycles. The van der Waals surface area contributed by atoms with Gasteiger partial charge in [-0.25, -0.2) is 4.99 Å². The summed E-state index contributed by atoms with van der Waals surface area (Å²) < 4.78 is 5.41. The number of nitrogens with zero attached hydrogens (tertiary/aromatic N) is 3. The molecule has 1 spiro atoms. The Hall–Kier alpha value is -2.93. The average molecular weight is 377 g/mol. The van der Waals surface area contributed by atoms with Gasteiger partial charge in [0.2, 0.25) is 5.91 Å². The van der Waals surface area contributed by atoms with Crippen molar-refractivity contribution in [3.63, 3.8) is 0 Å². The number of ether oxygens (including phenoxy) is 1. The molecule has 7 nitrogen and oxygen atoms in total. The van der Waals surface area contributed by atoms with Crippen molar-refractivity contribution in [1.29, 1.82) is 0 Å². The number of hydrogen-bond acceptors (Lipinski definition) is 6. The molecule has 3 heterocycles. The van der Waals surface area contributed by atoms with Crippen LogP contribution in [0.2, 0.25) is 0 Å². The molecule has 2 aromatic rings. The molecule has 1 amide bonds. The summed E-state index contributed by atoms with van der Waals surface area (Å²) in [5.41, 5.74) is 10.0. The number of anilines is 2. The molecule has 144 valence electrons. The van der Waals surface area contributed by atoms with E-state index >= 15 is 0 Å². The molecule has 0 unspecified atom stereocenters. The second-order valence-corrected chi connectivity index (χ2v) is 7.66. The summed E-state index contributed by atoms with van der Waals surface area (Å²) in [5, 5.41) is 3.42. The summed E-state index contributed by atoms with van der Waals surface area (Å²) in [6.45, 7) is 1.33. The molecule has 1 aromatic heterocycles. The zero-order valence-electron chi connectivity index (χ0n) is 15.6. The van der Waals surface area contributed by atoms with Crippen LogP contribution >= 0.6 is 0 Å². The Bertz CT molecular complexity index is 939. The molecule has 1 aromatic carbocycles. The summed E-state index contributed by atoms with van der Waals surface area (Å²) >= 11 is 0. The van der Waals surface area contributed by atoms with Crippen LogP contribution in [0.4, 0.5) is 11.4 Å². The van der Waals surface area contributed by atoms with Gasteiger partial charge in [-0.2, -0.15) is 0 Å². The number of fused-ring (bicyclic) bond motifs is 2. The van der Waals surface area contributed by atoms with E-state index in [0.717, 1.165) is 29.8 Å². The van der Waals surface area contributed by atoms with Crippen molar-refractivity contribution in [2.75, 3.05) is 18.5 Å². The third-order valence-electron chi connectivity index (χ3n) is 5.93. The van der Waals surface area contributed by atoms with Gasteiger partial charge in [-0.1, -0.05) is 12.1 Å². The average Bonchev–Trinajstić information content (AvgIpc) is 2.70. The Morgan fingerprint density at radius 2 is 2.04 bits per heavy atom. The van der Waals surface area contributed by atoms with Crippen LogP contribution in [0, 0.1) is 0 Å². The Morgan fingerprint density at radius 3 is 2.79 bits per heavy atom. The first kappa shape index (κ1) is 17.2. The summed E-state index contributed by atoms with van der Waals surface area (Å²) in [5.74, 6) is 0.412. The van der Waals surface area contributed by atoms with Crippen molar-refractivity contribution in [3.8, 4) is 0 Å². The lowest BCUT2D eigenvalue weighted by Gasteiger charge is -2.47. The molecular weight excluding hydrogens is 354 g/mol. The molecule has 7 heteroatoms. The molecule has 28 heavy (non-hydrogen) atoms. The molecule has 3 N–H and O–H groups in total. The molecule has 2 aliphatic heterocycles. The quantitative estimate of drug-likeness (QED) is 0.856. The molecule has 0 radical (unpaired) electrons. The van der Waals surface area contributed by atoms with E-state index < -0.39 is 5.54 Å². The monoisotopic (exact) mass is 377 g/mol. The molecule has 5 rings (SSSR count). The zero-order chi connectivity index (χ0) is 19.1. The Balaban J connectivity index is 1.43. The highest BCUT2D eigenvalue weighted by Gasteiger charge is 2.50. The van der Waals surface area contributed by atoms with Crippen LogP contribution in [0.1, 0.15) is 30.4 Å². The van der Waals surface area contributed by atoms with Gasteiger partial charge >= 0.3 is 0 Å². The molecular formula is C21H23N5O2. The van der Waals surface area contributed by atoms with Crippen molar-refractivity contribution < 1.29 is 9.53 Å². The van der Waals surface area contributed by atoms with Gasteiger partial charge in [0.15, 0.2) is 5.96 Å². The number of guanidine groups is 1. The maximum absolute atomic E-state index is 13.0. The number of aliphatic imine (C=N–C) groups is 1. The largest absolute Gasteiger partial charge is 0.381 e.